The second kappa shape index (κ2) is 13.8. The molecule has 0 bridgehead atoms. The topological polar surface area (TPSA) is 0 Å². The number of hydrogen-bond acceptors (Lipinski definition) is 8. The Kier molecular flexibility index (Phi) is 14.2. The van der Waals surface area contributed by atoms with Crippen LogP contribution >= 0.6 is 95.6 Å². The van der Waals surface area contributed by atoms with E-state index < -0.39 is 0 Å². The van der Waals surface area contributed by atoms with Crippen molar-refractivity contribution in [3.8, 4) is 0 Å². The molecule has 3 atom stereocenters. The third-order valence-corrected chi connectivity index (χ3v) is 10.7. The molecule has 0 nitrogen and oxygen atoms in total. The van der Waals surface area contributed by atoms with E-state index in [1.54, 1.807) is 0 Å². The fourth-order valence-electron chi connectivity index (χ4n) is 1.89. The van der Waals surface area contributed by atoms with Gasteiger partial charge in [0.1, 0.15) is 0 Å². The van der Waals surface area contributed by atoms with Gasteiger partial charge in [0.05, 0.1) is 0 Å². The van der Waals surface area contributed by atoms with Gasteiger partial charge in [-0.1, -0.05) is 27.7 Å². The van der Waals surface area contributed by atoms with Gasteiger partial charge in [0.15, 0.2) is 0 Å². The van der Waals surface area contributed by atoms with Crippen LogP contribution in [0.1, 0.15) is 12.8 Å². The van der Waals surface area contributed by atoms with Crippen LogP contribution in [0.4, 0.5) is 0 Å². The molecule has 0 amide bonds. The van der Waals surface area contributed by atoms with E-state index in [9.17, 15) is 0 Å². The molecule has 0 aromatic rings. The monoisotopic (exact) mass is 436 g/mol. The minimum Gasteiger partial charge on any atom is -0.179 e. The molecule has 0 spiro atoms. The summed E-state index contributed by atoms with van der Waals surface area (Å²) in [6.45, 7) is 0. The van der Waals surface area contributed by atoms with Gasteiger partial charge in [-0.25, -0.2) is 0 Å². The number of thioether (sulfide) groups is 2. The van der Waals surface area contributed by atoms with Crippen LogP contribution in [-0.2, 0) is 0 Å². The molecule has 21 heavy (non-hydrogen) atoms. The van der Waals surface area contributed by atoms with Crippen LogP contribution in [0.5, 0.6) is 0 Å². The molecule has 0 aromatic carbocycles. The van der Waals surface area contributed by atoms with Gasteiger partial charge in [0, 0.05) is 38.8 Å². The van der Waals surface area contributed by atoms with Crippen molar-refractivity contribution in [2.45, 2.75) is 28.6 Å². The van der Waals surface area contributed by atoms with E-state index >= 15 is 0 Å². The summed E-state index contributed by atoms with van der Waals surface area (Å²) < 4.78 is 0. The SMILES string of the molecule is SCCSC(CS)CC1=CC(CC(CS)SCCS)SS1. The zero-order chi connectivity index (χ0) is 15.5. The maximum Gasteiger partial charge on any atom is 0.0356 e. The number of rotatable bonds is 12. The van der Waals surface area contributed by atoms with Crippen molar-refractivity contribution >= 4 is 95.6 Å². The summed E-state index contributed by atoms with van der Waals surface area (Å²) in [7, 11) is 3.98. The summed E-state index contributed by atoms with van der Waals surface area (Å²) in [4.78, 5) is 1.54. The summed E-state index contributed by atoms with van der Waals surface area (Å²) >= 11 is 21.6. The van der Waals surface area contributed by atoms with Gasteiger partial charge in [0.25, 0.3) is 0 Å². The fraction of sp³-hybridized carbons (Fsp3) is 0.846. The van der Waals surface area contributed by atoms with Crippen LogP contribution in [0.25, 0.3) is 0 Å². The minimum absolute atomic E-state index is 0.623. The molecule has 0 aliphatic carbocycles. The van der Waals surface area contributed by atoms with Gasteiger partial charge < -0.3 is 0 Å². The Morgan fingerprint density at radius 3 is 2.19 bits per heavy atom. The average molecular weight is 437 g/mol. The zero-order valence-electron chi connectivity index (χ0n) is 11.9. The third kappa shape index (κ3) is 9.56. The largest absolute Gasteiger partial charge is 0.179 e. The molecule has 124 valence electrons. The highest BCUT2D eigenvalue weighted by Crippen LogP contribution is 2.47. The number of hydrogen-bond donors (Lipinski definition) is 4. The fourth-order valence-corrected chi connectivity index (χ4v) is 8.26. The maximum absolute atomic E-state index is 4.49. The first-order valence-electron chi connectivity index (χ1n) is 6.94. The van der Waals surface area contributed by atoms with Gasteiger partial charge in [-0.2, -0.15) is 74.0 Å². The third-order valence-electron chi connectivity index (χ3n) is 2.87. The molecule has 1 heterocycles. The van der Waals surface area contributed by atoms with Crippen LogP contribution in [0.15, 0.2) is 11.0 Å². The maximum atomic E-state index is 4.49. The van der Waals surface area contributed by atoms with Crippen molar-refractivity contribution < 1.29 is 0 Å². The first kappa shape index (κ1) is 21.6. The van der Waals surface area contributed by atoms with Crippen molar-refractivity contribution in [3.05, 3.63) is 11.0 Å². The Morgan fingerprint density at radius 1 is 1.00 bits per heavy atom. The molecule has 3 unspecified atom stereocenters. The molecular formula is C13H24S8. The number of allylic oxidation sites excluding steroid dienone is 1. The van der Waals surface area contributed by atoms with Gasteiger partial charge in [-0.05, 0) is 29.3 Å². The van der Waals surface area contributed by atoms with Crippen molar-refractivity contribution in [3.63, 3.8) is 0 Å². The average Bonchev–Trinajstić information content (AvgIpc) is 2.94. The molecule has 0 aromatic heterocycles. The Balaban J connectivity index is 2.37. The molecule has 1 aliphatic rings. The standard InChI is InChI=1S/C13H24S8/c14-1-3-18-12(8-16)6-10-5-11(21-20-10)7-13(9-17)19-4-2-15/h5,10,12-17H,1-4,6-9H2. The molecule has 1 rings (SSSR count). The Morgan fingerprint density at radius 2 is 1.62 bits per heavy atom. The van der Waals surface area contributed by atoms with Crippen molar-refractivity contribution in [2.75, 3.05) is 34.5 Å². The molecule has 8 heteroatoms. The second-order valence-corrected chi connectivity index (χ2v) is 11.6. The van der Waals surface area contributed by atoms with Crippen molar-refractivity contribution in [1.82, 2.24) is 0 Å². The van der Waals surface area contributed by atoms with E-state index in [0.717, 1.165) is 40.9 Å². The van der Waals surface area contributed by atoms with Gasteiger partial charge >= 0.3 is 0 Å². The van der Waals surface area contributed by atoms with E-state index in [-0.39, 0.29) is 0 Å². The minimum atomic E-state index is 0.623. The zero-order valence-corrected chi connectivity index (χ0v) is 18.7. The van der Waals surface area contributed by atoms with Gasteiger partial charge in [-0.3, -0.25) is 0 Å². The van der Waals surface area contributed by atoms with E-state index in [0.29, 0.717) is 15.7 Å². The second-order valence-electron chi connectivity index (χ2n) is 4.59. The molecule has 0 radical (unpaired) electrons. The van der Waals surface area contributed by atoms with Crippen LogP contribution in [0.3, 0.4) is 0 Å². The van der Waals surface area contributed by atoms with E-state index in [1.165, 1.54) is 11.3 Å². The highest BCUT2D eigenvalue weighted by molar-refractivity contribution is 8.78. The molecule has 0 saturated carbocycles. The first-order valence-corrected chi connectivity index (χ1v) is 13.8. The van der Waals surface area contributed by atoms with E-state index in [1.807, 2.05) is 45.1 Å². The van der Waals surface area contributed by atoms with Crippen LogP contribution in [-0.4, -0.2) is 50.3 Å². The number of thiol groups is 4. The van der Waals surface area contributed by atoms with Gasteiger partial charge in [0.2, 0.25) is 0 Å². The molecule has 1 aliphatic heterocycles. The lowest BCUT2D eigenvalue weighted by Crippen LogP contribution is -2.12. The Hall–Kier alpha value is 2.54. The lowest BCUT2D eigenvalue weighted by Gasteiger charge is -2.15. The predicted molar refractivity (Wildman–Crippen MR) is 124 cm³/mol. The van der Waals surface area contributed by atoms with E-state index in [4.69, 9.17) is 0 Å². The van der Waals surface area contributed by atoms with Crippen molar-refractivity contribution in [1.29, 1.82) is 0 Å². The van der Waals surface area contributed by atoms with Crippen LogP contribution < -0.4 is 0 Å². The molecule has 0 saturated heterocycles. The summed E-state index contributed by atoms with van der Waals surface area (Å²) in [5.74, 6) is 6.05. The quantitative estimate of drug-likeness (QED) is 0.241. The molecule has 0 N–H and O–H groups in total. The summed E-state index contributed by atoms with van der Waals surface area (Å²) in [6.07, 6.45) is 4.86. The van der Waals surface area contributed by atoms with Crippen molar-refractivity contribution in [2.24, 2.45) is 0 Å². The van der Waals surface area contributed by atoms with Crippen LogP contribution in [0.2, 0.25) is 0 Å². The normalized spacial score (nSPS) is 21.3. The van der Waals surface area contributed by atoms with E-state index in [2.05, 4.69) is 56.6 Å². The first-order chi connectivity index (χ1) is 10.2. The summed E-state index contributed by atoms with van der Waals surface area (Å²) in [5.41, 5.74) is 0. The molecular weight excluding hydrogens is 413 g/mol. The van der Waals surface area contributed by atoms with Gasteiger partial charge in [-0.15, -0.1) is 0 Å². The lowest BCUT2D eigenvalue weighted by atomic mass is 10.2. The smallest absolute Gasteiger partial charge is 0.0356 e. The lowest BCUT2D eigenvalue weighted by molar-refractivity contribution is 0.854. The summed E-state index contributed by atoms with van der Waals surface area (Å²) in [6, 6.07) is 0. The van der Waals surface area contributed by atoms with Crippen LogP contribution in [0, 0.1) is 0 Å². The molecule has 0 fully saturated rings. The highest BCUT2D eigenvalue weighted by Gasteiger charge is 2.23. The predicted octanol–water partition coefficient (Wildman–Crippen LogP) is 5.34. The highest BCUT2D eigenvalue weighted by atomic mass is 33.1. The summed E-state index contributed by atoms with van der Waals surface area (Å²) in [5, 5.41) is 1.91. The Bertz CT molecular complexity index is 296. The Labute approximate surface area is 168 Å².